The van der Waals surface area contributed by atoms with Gasteiger partial charge in [-0.25, -0.2) is 0 Å². The van der Waals surface area contributed by atoms with Crippen LogP contribution in [0.25, 0.3) is 0 Å². The molecule has 108 valence electrons. The number of amides is 2. The Bertz CT molecular complexity index is 477. The summed E-state index contributed by atoms with van der Waals surface area (Å²) in [5.74, 6) is -0.306. The third-order valence-corrected chi connectivity index (χ3v) is 3.70. The molecular formula is C14H20N4O2. The predicted molar refractivity (Wildman–Crippen MR) is 75.0 cm³/mol. The summed E-state index contributed by atoms with van der Waals surface area (Å²) in [5, 5.41) is 0. The Morgan fingerprint density at radius 1 is 1.20 bits per heavy atom. The van der Waals surface area contributed by atoms with Crippen LogP contribution in [0.15, 0.2) is 24.5 Å². The lowest BCUT2D eigenvalue weighted by atomic mass is 10.2. The van der Waals surface area contributed by atoms with Gasteiger partial charge in [-0.1, -0.05) is 0 Å². The molecule has 1 aliphatic heterocycles. The number of hydrogen-bond donors (Lipinski definition) is 1. The maximum absolute atomic E-state index is 12.4. The van der Waals surface area contributed by atoms with Gasteiger partial charge in [0.05, 0.1) is 6.04 Å². The van der Waals surface area contributed by atoms with E-state index in [9.17, 15) is 9.59 Å². The molecule has 1 aromatic heterocycles. The lowest BCUT2D eigenvalue weighted by Crippen LogP contribution is -2.44. The highest BCUT2D eigenvalue weighted by Gasteiger charge is 2.24. The van der Waals surface area contributed by atoms with Gasteiger partial charge in [-0.05, 0) is 25.5 Å². The van der Waals surface area contributed by atoms with Gasteiger partial charge in [0.2, 0.25) is 5.91 Å². The van der Waals surface area contributed by atoms with Crippen molar-refractivity contribution in [3.63, 3.8) is 0 Å². The van der Waals surface area contributed by atoms with Crippen LogP contribution in [0.1, 0.15) is 23.7 Å². The fourth-order valence-electron chi connectivity index (χ4n) is 2.38. The molecule has 1 fully saturated rings. The average Bonchev–Trinajstić information content (AvgIpc) is 2.72. The Morgan fingerprint density at radius 3 is 2.55 bits per heavy atom. The lowest BCUT2D eigenvalue weighted by Gasteiger charge is -2.25. The average molecular weight is 276 g/mol. The van der Waals surface area contributed by atoms with Gasteiger partial charge in [0, 0.05) is 44.1 Å². The van der Waals surface area contributed by atoms with E-state index in [2.05, 4.69) is 4.98 Å². The molecule has 6 heteroatoms. The maximum Gasteiger partial charge on any atom is 0.254 e. The molecule has 0 spiro atoms. The molecule has 2 rings (SSSR count). The first-order valence-electron chi connectivity index (χ1n) is 6.82. The van der Waals surface area contributed by atoms with E-state index in [-0.39, 0.29) is 17.9 Å². The summed E-state index contributed by atoms with van der Waals surface area (Å²) in [6.07, 6.45) is 4.08. The summed E-state index contributed by atoms with van der Waals surface area (Å²) in [4.78, 5) is 31.4. The van der Waals surface area contributed by atoms with E-state index in [1.54, 1.807) is 24.5 Å². The number of primary amides is 1. The fourth-order valence-corrected chi connectivity index (χ4v) is 2.38. The minimum Gasteiger partial charge on any atom is -0.368 e. The molecule has 2 amide bonds. The first-order valence-corrected chi connectivity index (χ1v) is 6.82. The second kappa shape index (κ2) is 6.47. The van der Waals surface area contributed by atoms with Crippen molar-refractivity contribution in [2.45, 2.75) is 19.4 Å². The molecular weight excluding hydrogens is 256 g/mol. The molecule has 0 radical (unpaired) electrons. The van der Waals surface area contributed by atoms with E-state index >= 15 is 0 Å². The van der Waals surface area contributed by atoms with Crippen LogP contribution in [-0.2, 0) is 4.79 Å². The van der Waals surface area contributed by atoms with Crippen molar-refractivity contribution in [1.82, 2.24) is 14.8 Å². The van der Waals surface area contributed by atoms with E-state index in [0.29, 0.717) is 25.2 Å². The Kier molecular flexibility index (Phi) is 4.68. The zero-order valence-electron chi connectivity index (χ0n) is 11.7. The van der Waals surface area contributed by atoms with Gasteiger partial charge in [0.25, 0.3) is 5.91 Å². The summed E-state index contributed by atoms with van der Waals surface area (Å²) < 4.78 is 0. The van der Waals surface area contributed by atoms with Gasteiger partial charge < -0.3 is 10.6 Å². The SMILES string of the molecule is CC(C(N)=O)N1CCCN(C(=O)c2ccncc2)CC1. The van der Waals surface area contributed by atoms with Gasteiger partial charge in [-0.2, -0.15) is 0 Å². The van der Waals surface area contributed by atoms with Gasteiger partial charge in [0.1, 0.15) is 0 Å². The van der Waals surface area contributed by atoms with Gasteiger partial charge in [-0.3, -0.25) is 19.5 Å². The number of aromatic nitrogens is 1. The number of nitrogens with two attached hydrogens (primary N) is 1. The molecule has 1 aromatic rings. The summed E-state index contributed by atoms with van der Waals surface area (Å²) in [6, 6.07) is 3.15. The zero-order valence-corrected chi connectivity index (χ0v) is 11.7. The van der Waals surface area contributed by atoms with Crippen LogP contribution in [0, 0.1) is 0 Å². The normalized spacial score (nSPS) is 18.4. The predicted octanol–water partition coefficient (Wildman–Crippen LogP) is 0.103. The molecule has 1 unspecified atom stereocenters. The molecule has 2 N–H and O–H groups in total. The van der Waals surface area contributed by atoms with Gasteiger partial charge in [0.15, 0.2) is 0 Å². The minimum absolute atomic E-state index is 0.0148. The Balaban J connectivity index is 1.99. The highest BCUT2D eigenvalue weighted by Crippen LogP contribution is 2.10. The van der Waals surface area contributed by atoms with Crippen LogP contribution in [-0.4, -0.2) is 58.8 Å². The number of carbonyl (C=O) groups is 2. The zero-order chi connectivity index (χ0) is 14.5. The second-order valence-corrected chi connectivity index (χ2v) is 5.00. The summed E-state index contributed by atoms with van der Waals surface area (Å²) in [7, 11) is 0. The van der Waals surface area contributed by atoms with Gasteiger partial charge >= 0.3 is 0 Å². The standard InChI is InChI=1S/C14H20N4O2/c1-11(13(15)19)17-7-2-8-18(10-9-17)14(20)12-3-5-16-6-4-12/h3-6,11H,2,7-10H2,1H3,(H2,15,19). The molecule has 6 nitrogen and oxygen atoms in total. The summed E-state index contributed by atoms with van der Waals surface area (Å²) in [6.45, 7) is 4.57. The van der Waals surface area contributed by atoms with Crippen molar-refractivity contribution >= 4 is 11.8 Å². The Morgan fingerprint density at radius 2 is 1.90 bits per heavy atom. The van der Waals surface area contributed by atoms with E-state index in [1.807, 2.05) is 16.7 Å². The van der Waals surface area contributed by atoms with Crippen LogP contribution in [0.2, 0.25) is 0 Å². The molecule has 1 aliphatic rings. The summed E-state index contributed by atoms with van der Waals surface area (Å²) in [5.41, 5.74) is 5.98. The maximum atomic E-state index is 12.4. The van der Waals surface area contributed by atoms with Crippen molar-refractivity contribution in [1.29, 1.82) is 0 Å². The molecule has 0 saturated carbocycles. The number of carbonyl (C=O) groups excluding carboxylic acids is 2. The quantitative estimate of drug-likeness (QED) is 0.849. The molecule has 1 saturated heterocycles. The topological polar surface area (TPSA) is 79.5 Å². The van der Waals surface area contributed by atoms with E-state index in [4.69, 9.17) is 5.73 Å². The van der Waals surface area contributed by atoms with Crippen molar-refractivity contribution in [2.75, 3.05) is 26.2 Å². The first kappa shape index (κ1) is 14.5. The van der Waals surface area contributed by atoms with Crippen LogP contribution < -0.4 is 5.73 Å². The third-order valence-electron chi connectivity index (χ3n) is 3.70. The van der Waals surface area contributed by atoms with Crippen molar-refractivity contribution in [3.8, 4) is 0 Å². The van der Waals surface area contributed by atoms with E-state index < -0.39 is 0 Å². The van der Waals surface area contributed by atoms with Crippen LogP contribution in [0.3, 0.4) is 0 Å². The van der Waals surface area contributed by atoms with Crippen LogP contribution in [0.4, 0.5) is 0 Å². The third kappa shape index (κ3) is 3.33. The molecule has 0 aliphatic carbocycles. The number of rotatable bonds is 3. The van der Waals surface area contributed by atoms with Crippen molar-refractivity contribution in [2.24, 2.45) is 5.73 Å². The fraction of sp³-hybridized carbons (Fsp3) is 0.500. The monoisotopic (exact) mass is 276 g/mol. The minimum atomic E-state index is -0.320. The van der Waals surface area contributed by atoms with Crippen LogP contribution in [0.5, 0.6) is 0 Å². The van der Waals surface area contributed by atoms with Crippen LogP contribution >= 0.6 is 0 Å². The smallest absolute Gasteiger partial charge is 0.254 e. The molecule has 0 bridgehead atoms. The molecule has 20 heavy (non-hydrogen) atoms. The summed E-state index contributed by atoms with van der Waals surface area (Å²) >= 11 is 0. The molecule has 2 heterocycles. The Labute approximate surface area is 118 Å². The first-order chi connectivity index (χ1) is 9.59. The second-order valence-electron chi connectivity index (χ2n) is 5.00. The molecule has 0 aromatic carbocycles. The number of pyridine rings is 1. The number of hydrogen-bond acceptors (Lipinski definition) is 4. The van der Waals surface area contributed by atoms with Crippen molar-refractivity contribution < 1.29 is 9.59 Å². The number of nitrogens with zero attached hydrogens (tertiary/aromatic N) is 3. The largest absolute Gasteiger partial charge is 0.368 e. The van der Waals surface area contributed by atoms with Gasteiger partial charge in [-0.15, -0.1) is 0 Å². The lowest BCUT2D eigenvalue weighted by molar-refractivity contribution is -0.122. The van der Waals surface area contributed by atoms with Crippen molar-refractivity contribution in [3.05, 3.63) is 30.1 Å². The van der Waals surface area contributed by atoms with E-state index in [1.165, 1.54) is 0 Å². The van der Waals surface area contributed by atoms with E-state index in [0.717, 1.165) is 13.0 Å². The Hall–Kier alpha value is -1.95. The highest BCUT2D eigenvalue weighted by molar-refractivity contribution is 5.94. The highest BCUT2D eigenvalue weighted by atomic mass is 16.2. The molecule has 1 atom stereocenters.